The number of benzene rings is 2. The number of ether oxygens (including phenoxy) is 1. The Balaban J connectivity index is 1.95. The number of anilines is 3. The van der Waals surface area contributed by atoms with E-state index in [0.29, 0.717) is 28.4 Å². The molecule has 0 saturated carbocycles. The van der Waals surface area contributed by atoms with Gasteiger partial charge in [-0.2, -0.15) is 0 Å². The molecule has 1 heterocycles. The third-order valence-corrected chi connectivity index (χ3v) is 6.42. The smallest absolute Gasteiger partial charge is 0.255 e. The second-order valence-electron chi connectivity index (χ2n) is 9.80. The van der Waals surface area contributed by atoms with Crippen molar-refractivity contribution in [2.75, 3.05) is 28.4 Å². The molecule has 3 aromatic rings. The summed E-state index contributed by atoms with van der Waals surface area (Å²) in [5.74, 6) is 6.64. The SMILES string of the molecule is COc1c(NSC)cc(C(C)(C)C)cc1NC(=O)c1ccc(C)c(N(N)/C=C(\N)c2cnccc2C)c1. The number of pyridine rings is 1. The molecule has 0 radical (unpaired) electrons. The maximum atomic E-state index is 13.4. The fourth-order valence-corrected chi connectivity index (χ4v) is 4.21. The van der Waals surface area contributed by atoms with E-state index in [-0.39, 0.29) is 11.3 Å². The van der Waals surface area contributed by atoms with Gasteiger partial charge in [0.25, 0.3) is 5.91 Å². The molecular formula is C28H36N6O2S. The minimum absolute atomic E-state index is 0.128. The van der Waals surface area contributed by atoms with Gasteiger partial charge in [0, 0.05) is 36.0 Å². The lowest BCUT2D eigenvalue weighted by Gasteiger charge is -2.24. The van der Waals surface area contributed by atoms with Crippen LogP contribution >= 0.6 is 11.9 Å². The average molecular weight is 521 g/mol. The summed E-state index contributed by atoms with van der Waals surface area (Å²) in [7, 11) is 1.59. The van der Waals surface area contributed by atoms with E-state index in [1.54, 1.807) is 37.8 Å². The summed E-state index contributed by atoms with van der Waals surface area (Å²) in [4.78, 5) is 17.5. The first-order chi connectivity index (χ1) is 17.5. The van der Waals surface area contributed by atoms with E-state index in [0.717, 1.165) is 27.9 Å². The van der Waals surface area contributed by atoms with Crippen molar-refractivity contribution in [3.8, 4) is 5.75 Å². The zero-order valence-corrected chi connectivity index (χ0v) is 23.3. The minimum atomic E-state index is -0.283. The highest BCUT2D eigenvalue weighted by atomic mass is 32.2. The molecule has 1 amide bonds. The summed E-state index contributed by atoms with van der Waals surface area (Å²) in [5.41, 5.74) is 12.9. The second-order valence-corrected chi connectivity index (χ2v) is 10.4. The van der Waals surface area contributed by atoms with E-state index >= 15 is 0 Å². The molecule has 196 valence electrons. The van der Waals surface area contributed by atoms with Gasteiger partial charge in [-0.15, -0.1) is 0 Å². The predicted molar refractivity (Wildman–Crippen MR) is 156 cm³/mol. The van der Waals surface area contributed by atoms with Crippen LogP contribution in [0.4, 0.5) is 17.1 Å². The number of nitrogens with zero attached hydrogens (tertiary/aromatic N) is 2. The van der Waals surface area contributed by atoms with E-state index in [1.165, 1.54) is 17.0 Å². The number of nitrogens with one attached hydrogen (secondary N) is 2. The van der Waals surface area contributed by atoms with Gasteiger partial charge in [-0.1, -0.05) is 38.8 Å². The molecule has 2 aromatic carbocycles. The van der Waals surface area contributed by atoms with Crippen LogP contribution in [0, 0.1) is 13.8 Å². The minimum Gasteiger partial charge on any atom is -0.492 e. The van der Waals surface area contributed by atoms with Gasteiger partial charge >= 0.3 is 0 Å². The Morgan fingerprint density at radius 1 is 1.11 bits per heavy atom. The summed E-state index contributed by atoms with van der Waals surface area (Å²) in [6.45, 7) is 10.2. The van der Waals surface area contributed by atoms with Gasteiger partial charge in [-0.3, -0.25) is 14.8 Å². The summed E-state index contributed by atoms with van der Waals surface area (Å²) in [6.07, 6.45) is 6.98. The Kier molecular flexibility index (Phi) is 8.73. The van der Waals surface area contributed by atoms with Gasteiger partial charge in [0.15, 0.2) is 5.75 Å². The first-order valence-corrected chi connectivity index (χ1v) is 13.0. The van der Waals surface area contributed by atoms with Gasteiger partial charge in [-0.05, 0) is 66.3 Å². The van der Waals surface area contributed by atoms with Crippen molar-refractivity contribution in [2.24, 2.45) is 11.6 Å². The van der Waals surface area contributed by atoms with Crippen LogP contribution in [0.5, 0.6) is 5.75 Å². The zero-order valence-electron chi connectivity index (χ0n) is 22.5. The number of carbonyl (C=O) groups is 1. The van der Waals surface area contributed by atoms with Crippen molar-refractivity contribution in [3.63, 3.8) is 0 Å². The van der Waals surface area contributed by atoms with Gasteiger partial charge in [0.05, 0.1) is 29.9 Å². The third kappa shape index (κ3) is 6.55. The van der Waals surface area contributed by atoms with Crippen LogP contribution in [0.1, 0.15) is 53.4 Å². The normalized spacial score (nSPS) is 11.7. The molecule has 0 aliphatic heterocycles. The lowest BCUT2D eigenvalue weighted by Crippen LogP contribution is -2.27. The van der Waals surface area contributed by atoms with Gasteiger partial charge in [0.1, 0.15) is 0 Å². The number of amides is 1. The van der Waals surface area contributed by atoms with Crippen molar-refractivity contribution >= 4 is 40.6 Å². The third-order valence-electron chi connectivity index (χ3n) is 6.00. The molecule has 0 saturated heterocycles. The molecule has 0 spiro atoms. The van der Waals surface area contributed by atoms with Crippen molar-refractivity contribution in [3.05, 3.63) is 82.8 Å². The fourth-order valence-electron chi connectivity index (χ4n) is 3.84. The molecule has 0 bridgehead atoms. The Bertz CT molecular complexity index is 1320. The first-order valence-electron chi connectivity index (χ1n) is 11.8. The Hall–Kier alpha value is -3.69. The fraction of sp³-hybridized carbons (Fsp3) is 0.286. The number of hydrogen-bond acceptors (Lipinski definition) is 8. The molecule has 0 unspecified atom stereocenters. The average Bonchev–Trinajstić information content (AvgIpc) is 2.83. The number of rotatable bonds is 8. The number of methoxy groups -OCH3 is 1. The number of aryl methyl sites for hydroxylation is 2. The van der Waals surface area contributed by atoms with Crippen molar-refractivity contribution in [2.45, 2.75) is 40.0 Å². The molecule has 1 aromatic heterocycles. The lowest BCUT2D eigenvalue weighted by molar-refractivity contribution is 0.102. The number of hydrazine groups is 1. The predicted octanol–water partition coefficient (Wildman–Crippen LogP) is 5.58. The van der Waals surface area contributed by atoms with Crippen LogP contribution in [0.15, 0.2) is 55.0 Å². The molecule has 0 aliphatic carbocycles. The zero-order chi connectivity index (χ0) is 27.3. The summed E-state index contributed by atoms with van der Waals surface area (Å²) < 4.78 is 8.92. The van der Waals surface area contributed by atoms with Crippen LogP contribution in [-0.2, 0) is 5.41 Å². The van der Waals surface area contributed by atoms with Crippen molar-refractivity contribution in [1.29, 1.82) is 0 Å². The first kappa shape index (κ1) is 27.9. The van der Waals surface area contributed by atoms with Crippen LogP contribution in [-0.4, -0.2) is 24.3 Å². The molecule has 0 aliphatic rings. The summed E-state index contributed by atoms with van der Waals surface area (Å²) >= 11 is 1.46. The second kappa shape index (κ2) is 11.6. The van der Waals surface area contributed by atoms with Gasteiger partial charge in [0.2, 0.25) is 0 Å². The van der Waals surface area contributed by atoms with E-state index in [2.05, 4.69) is 35.8 Å². The monoisotopic (exact) mass is 520 g/mol. The standard InChI is InChI=1S/C28H36N6O2S/c1-17-10-11-31-15-21(17)22(29)16-34(30)25-12-19(9-8-18(25)2)27(35)32-23-13-20(28(3,4)5)14-24(33-37-7)26(23)36-6/h8-16,33H,29-30H2,1-7H3,(H,32,35)/b22-16-. The van der Waals surface area contributed by atoms with E-state index in [4.69, 9.17) is 16.3 Å². The van der Waals surface area contributed by atoms with Crippen LogP contribution in [0.3, 0.4) is 0 Å². The molecule has 8 nitrogen and oxygen atoms in total. The van der Waals surface area contributed by atoms with E-state index in [1.807, 2.05) is 44.4 Å². The molecular weight excluding hydrogens is 484 g/mol. The number of hydrogen-bond donors (Lipinski definition) is 4. The largest absolute Gasteiger partial charge is 0.492 e. The van der Waals surface area contributed by atoms with Gasteiger partial charge in [-0.25, -0.2) is 5.84 Å². The Labute approximate surface area is 223 Å². The highest BCUT2D eigenvalue weighted by Crippen LogP contribution is 2.39. The number of nitrogens with two attached hydrogens (primary N) is 2. The highest BCUT2D eigenvalue weighted by molar-refractivity contribution is 7.99. The number of aromatic nitrogens is 1. The number of carbonyl (C=O) groups excluding carboxylic acids is 1. The Morgan fingerprint density at radius 2 is 1.81 bits per heavy atom. The van der Waals surface area contributed by atoms with Crippen LogP contribution < -0.4 is 31.4 Å². The molecule has 0 atom stereocenters. The Morgan fingerprint density at radius 3 is 2.43 bits per heavy atom. The van der Waals surface area contributed by atoms with Crippen LogP contribution in [0.25, 0.3) is 5.70 Å². The molecule has 37 heavy (non-hydrogen) atoms. The maximum Gasteiger partial charge on any atom is 0.255 e. The summed E-state index contributed by atoms with van der Waals surface area (Å²) in [6, 6.07) is 11.2. The molecule has 3 rings (SSSR count). The quantitative estimate of drug-likeness (QED) is 0.173. The van der Waals surface area contributed by atoms with Crippen LogP contribution in [0.2, 0.25) is 0 Å². The highest BCUT2D eigenvalue weighted by Gasteiger charge is 2.21. The molecule has 6 N–H and O–H groups in total. The maximum absolute atomic E-state index is 13.4. The van der Waals surface area contributed by atoms with E-state index in [9.17, 15) is 4.79 Å². The molecule has 0 fully saturated rings. The lowest BCUT2D eigenvalue weighted by atomic mass is 9.86. The van der Waals surface area contributed by atoms with Crippen molar-refractivity contribution < 1.29 is 9.53 Å². The van der Waals surface area contributed by atoms with E-state index < -0.39 is 0 Å². The molecule has 9 heteroatoms. The summed E-state index contributed by atoms with van der Waals surface area (Å²) in [5, 5.41) is 4.45. The van der Waals surface area contributed by atoms with Gasteiger partial charge < -0.3 is 20.5 Å². The van der Waals surface area contributed by atoms with Crippen molar-refractivity contribution in [1.82, 2.24) is 4.98 Å². The topological polar surface area (TPSA) is 119 Å².